The third-order valence-electron chi connectivity index (χ3n) is 3.20. The fraction of sp³-hybridized carbons (Fsp3) is 1.00. The Hall–Kier alpha value is -0.0800. The molecular weight excluding hydrogens is 150 g/mol. The second-order valence-corrected chi connectivity index (χ2v) is 4.88. The van der Waals surface area contributed by atoms with Gasteiger partial charge in [0.2, 0.25) is 0 Å². The van der Waals surface area contributed by atoms with Gasteiger partial charge in [-0.05, 0) is 39.5 Å². The van der Waals surface area contributed by atoms with Crippen molar-refractivity contribution in [1.29, 1.82) is 0 Å². The monoisotopic (exact) mass is 169 g/mol. The van der Waals surface area contributed by atoms with Gasteiger partial charge in [0, 0.05) is 18.1 Å². The van der Waals surface area contributed by atoms with Crippen LogP contribution in [0.1, 0.15) is 39.5 Å². The van der Waals surface area contributed by atoms with Crippen molar-refractivity contribution in [2.45, 2.75) is 57.2 Å². The Labute approximate surface area is 74.6 Å². The molecule has 70 valence electrons. The van der Waals surface area contributed by atoms with Gasteiger partial charge in [-0.3, -0.25) is 4.90 Å². The predicted molar refractivity (Wildman–Crippen MR) is 49.0 cm³/mol. The maximum atomic E-state index is 9.54. The lowest BCUT2D eigenvalue weighted by atomic mass is 9.88. The van der Waals surface area contributed by atoms with E-state index in [2.05, 4.69) is 18.7 Å². The van der Waals surface area contributed by atoms with Crippen LogP contribution < -0.4 is 0 Å². The number of piperidine rings is 1. The number of hydrogen-bond donors (Lipinski definition) is 1. The average Bonchev–Trinajstić information content (AvgIpc) is 2.67. The second-order valence-electron chi connectivity index (χ2n) is 4.88. The summed E-state index contributed by atoms with van der Waals surface area (Å²) in [6.45, 7) is 5.61. The van der Waals surface area contributed by atoms with Crippen molar-refractivity contribution < 1.29 is 5.11 Å². The highest BCUT2D eigenvalue weighted by molar-refractivity contribution is 4.97. The molecule has 0 radical (unpaired) electrons. The predicted octanol–water partition coefficient (Wildman–Crippen LogP) is 1.38. The quantitative estimate of drug-likeness (QED) is 0.641. The molecule has 2 heteroatoms. The van der Waals surface area contributed by atoms with Crippen LogP contribution in [0.2, 0.25) is 0 Å². The fourth-order valence-electron chi connectivity index (χ4n) is 2.45. The summed E-state index contributed by atoms with van der Waals surface area (Å²) in [5.74, 6) is 0. The minimum atomic E-state index is -0.0602. The van der Waals surface area contributed by atoms with Gasteiger partial charge in [-0.25, -0.2) is 0 Å². The molecule has 2 fully saturated rings. The summed E-state index contributed by atoms with van der Waals surface area (Å²) in [6.07, 6.45) is 4.61. The van der Waals surface area contributed by atoms with Crippen LogP contribution >= 0.6 is 0 Å². The lowest BCUT2D eigenvalue weighted by molar-refractivity contribution is -0.00721. The molecule has 1 saturated carbocycles. The van der Waals surface area contributed by atoms with E-state index < -0.39 is 0 Å². The number of nitrogens with zero attached hydrogens (tertiary/aromatic N) is 1. The molecular formula is C10H19NO. The Bertz CT molecular complexity index is 175. The first-order chi connectivity index (χ1) is 5.59. The zero-order chi connectivity index (χ0) is 8.77. The normalized spacial score (nSPS) is 36.8. The van der Waals surface area contributed by atoms with Gasteiger partial charge in [0.15, 0.2) is 0 Å². The standard InChI is InChI=1S/C10H19NO/c1-10(2)7-9(12)5-6-11(10)8-3-4-8/h8-9,12H,3-7H2,1-2H3. The molecule has 2 nitrogen and oxygen atoms in total. The van der Waals surface area contributed by atoms with Gasteiger partial charge in [-0.1, -0.05) is 0 Å². The topological polar surface area (TPSA) is 23.5 Å². The van der Waals surface area contributed by atoms with E-state index in [1.54, 1.807) is 0 Å². The van der Waals surface area contributed by atoms with Crippen LogP contribution in [0, 0.1) is 0 Å². The molecule has 1 atom stereocenters. The van der Waals surface area contributed by atoms with Gasteiger partial charge in [0.25, 0.3) is 0 Å². The molecule has 1 unspecified atom stereocenters. The maximum Gasteiger partial charge on any atom is 0.0569 e. The smallest absolute Gasteiger partial charge is 0.0569 e. The van der Waals surface area contributed by atoms with E-state index in [-0.39, 0.29) is 11.6 Å². The van der Waals surface area contributed by atoms with Crippen molar-refractivity contribution in [3.05, 3.63) is 0 Å². The molecule has 0 aromatic carbocycles. The molecule has 1 aliphatic carbocycles. The van der Waals surface area contributed by atoms with Crippen molar-refractivity contribution in [2.75, 3.05) is 6.54 Å². The van der Waals surface area contributed by atoms with E-state index in [0.717, 1.165) is 25.4 Å². The van der Waals surface area contributed by atoms with Crippen LogP contribution in [-0.4, -0.2) is 34.2 Å². The summed E-state index contributed by atoms with van der Waals surface area (Å²) in [6, 6.07) is 0.840. The van der Waals surface area contributed by atoms with Crippen LogP contribution in [-0.2, 0) is 0 Å². The molecule has 2 rings (SSSR count). The van der Waals surface area contributed by atoms with E-state index in [0.29, 0.717) is 0 Å². The van der Waals surface area contributed by atoms with Gasteiger partial charge < -0.3 is 5.11 Å². The number of aliphatic hydroxyl groups excluding tert-OH is 1. The molecule has 0 aromatic heterocycles. The zero-order valence-corrected chi connectivity index (χ0v) is 8.08. The van der Waals surface area contributed by atoms with Gasteiger partial charge in [0.1, 0.15) is 0 Å². The van der Waals surface area contributed by atoms with Crippen molar-refractivity contribution in [3.8, 4) is 0 Å². The minimum Gasteiger partial charge on any atom is -0.393 e. The summed E-state index contributed by atoms with van der Waals surface area (Å²) < 4.78 is 0. The van der Waals surface area contributed by atoms with E-state index in [1.165, 1.54) is 12.8 Å². The Morgan fingerprint density at radius 3 is 2.42 bits per heavy atom. The molecule has 1 saturated heterocycles. The average molecular weight is 169 g/mol. The van der Waals surface area contributed by atoms with Gasteiger partial charge in [-0.15, -0.1) is 0 Å². The van der Waals surface area contributed by atoms with Crippen LogP contribution in [0.15, 0.2) is 0 Å². The van der Waals surface area contributed by atoms with Crippen molar-refractivity contribution in [2.24, 2.45) is 0 Å². The number of aliphatic hydroxyl groups is 1. The molecule has 12 heavy (non-hydrogen) atoms. The van der Waals surface area contributed by atoms with Crippen molar-refractivity contribution >= 4 is 0 Å². The highest BCUT2D eigenvalue weighted by Gasteiger charge is 2.41. The number of rotatable bonds is 1. The first-order valence-corrected chi connectivity index (χ1v) is 5.04. The van der Waals surface area contributed by atoms with Crippen molar-refractivity contribution in [1.82, 2.24) is 4.90 Å². The van der Waals surface area contributed by atoms with Crippen LogP contribution in [0.25, 0.3) is 0 Å². The Balaban J connectivity index is 2.03. The molecule has 1 aliphatic heterocycles. The maximum absolute atomic E-state index is 9.54. The lowest BCUT2D eigenvalue weighted by Crippen LogP contribution is -2.52. The van der Waals surface area contributed by atoms with Crippen LogP contribution in [0.4, 0.5) is 0 Å². The van der Waals surface area contributed by atoms with E-state index in [4.69, 9.17) is 0 Å². The number of hydrogen-bond acceptors (Lipinski definition) is 2. The molecule has 1 N–H and O–H groups in total. The van der Waals surface area contributed by atoms with E-state index >= 15 is 0 Å². The number of likely N-dealkylation sites (tertiary alicyclic amines) is 1. The SMILES string of the molecule is CC1(C)CC(O)CCN1C1CC1. The summed E-state index contributed by atoms with van der Waals surface area (Å²) in [4.78, 5) is 2.58. The molecule has 1 heterocycles. The zero-order valence-electron chi connectivity index (χ0n) is 8.08. The molecule has 0 spiro atoms. The van der Waals surface area contributed by atoms with Gasteiger partial charge >= 0.3 is 0 Å². The molecule has 0 aromatic rings. The molecule has 2 aliphatic rings. The Morgan fingerprint density at radius 2 is 1.92 bits per heavy atom. The lowest BCUT2D eigenvalue weighted by Gasteiger charge is -2.44. The first-order valence-electron chi connectivity index (χ1n) is 5.04. The van der Waals surface area contributed by atoms with Crippen molar-refractivity contribution in [3.63, 3.8) is 0 Å². The minimum absolute atomic E-state index is 0.0602. The van der Waals surface area contributed by atoms with Gasteiger partial charge in [0.05, 0.1) is 6.10 Å². The largest absolute Gasteiger partial charge is 0.393 e. The highest BCUT2D eigenvalue weighted by atomic mass is 16.3. The van der Waals surface area contributed by atoms with Gasteiger partial charge in [-0.2, -0.15) is 0 Å². The summed E-state index contributed by atoms with van der Waals surface area (Å²) in [5.41, 5.74) is 0.235. The highest BCUT2D eigenvalue weighted by Crippen LogP contribution is 2.37. The third-order valence-corrected chi connectivity index (χ3v) is 3.20. The third kappa shape index (κ3) is 1.50. The Kier molecular flexibility index (Phi) is 1.92. The van der Waals surface area contributed by atoms with E-state index in [9.17, 15) is 5.11 Å². The molecule has 0 bridgehead atoms. The molecule has 0 amide bonds. The van der Waals surface area contributed by atoms with Crippen LogP contribution in [0.3, 0.4) is 0 Å². The fourth-order valence-corrected chi connectivity index (χ4v) is 2.45. The Morgan fingerprint density at radius 1 is 1.25 bits per heavy atom. The van der Waals surface area contributed by atoms with Crippen LogP contribution in [0.5, 0.6) is 0 Å². The summed E-state index contributed by atoms with van der Waals surface area (Å²) in [5, 5.41) is 9.54. The first kappa shape index (κ1) is 8.52. The van der Waals surface area contributed by atoms with E-state index in [1.807, 2.05) is 0 Å². The second kappa shape index (κ2) is 2.71. The summed E-state index contributed by atoms with van der Waals surface area (Å²) in [7, 11) is 0. The summed E-state index contributed by atoms with van der Waals surface area (Å²) >= 11 is 0.